The summed E-state index contributed by atoms with van der Waals surface area (Å²) in [7, 11) is 0. The van der Waals surface area contributed by atoms with Crippen LogP contribution in [0.5, 0.6) is 0 Å². The number of pyridine rings is 1. The molecule has 28 heavy (non-hydrogen) atoms. The zero-order valence-corrected chi connectivity index (χ0v) is 15.1. The number of nitrogens with zero attached hydrogens (tertiary/aromatic N) is 3. The Balaban J connectivity index is 1.60. The van der Waals surface area contributed by atoms with Crippen molar-refractivity contribution in [2.24, 2.45) is 0 Å². The molecule has 0 bridgehead atoms. The first kappa shape index (κ1) is 18.9. The zero-order chi connectivity index (χ0) is 20.3. The van der Waals surface area contributed by atoms with Crippen LogP contribution in [0, 0.1) is 22.7 Å². The van der Waals surface area contributed by atoms with Gasteiger partial charge in [-0.1, -0.05) is 23.9 Å². The van der Waals surface area contributed by atoms with Gasteiger partial charge in [0.2, 0.25) is 0 Å². The fourth-order valence-electron chi connectivity index (χ4n) is 2.50. The number of carbonyl (C=O) groups excluding carboxylic acids is 3. The van der Waals surface area contributed by atoms with Gasteiger partial charge in [0.05, 0.1) is 16.9 Å². The third-order valence-corrected chi connectivity index (χ3v) is 4.87. The van der Waals surface area contributed by atoms with Crippen LogP contribution in [-0.2, 0) is 9.53 Å². The monoisotopic (exact) mass is 394 g/mol. The molecular weight excluding hydrogens is 382 g/mol. The Morgan fingerprint density at radius 1 is 1.14 bits per heavy atom. The quantitative estimate of drug-likeness (QED) is 0.442. The third-order valence-electron chi connectivity index (χ3n) is 3.88. The van der Waals surface area contributed by atoms with Crippen LogP contribution >= 0.6 is 11.8 Å². The molecule has 2 heterocycles. The van der Waals surface area contributed by atoms with E-state index in [1.807, 2.05) is 12.1 Å². The number of aromatic amines is 1. The fourth-order valence-corrected chi connectivity index (χ4v) is 3.29. The largest absolute Gasteiger partial charge is 0.443 e. The number of benzene rings is 1. The van der Waals surface area contributed by atoms with E-state index in [0.29, 0.717) is 5.03 Å². The molecule has 2 aromatic rings. The number of rotatable bonds is 5. The summed E-state index contributed by atoms with van der Waals surface area (Å²) in [5, 5.41) is 18.4. The Morgan fingerprint density at radius 3 is 2.32 bits per heavy atom. The second-order valence-electron chi connectivity index (χ2n) is 5.58. The molecule has 1 aromatic heterocycles. The molecule has 9 nitrogen and oxygen atoms in total. The van der Waals surface area contributed by atoms with E-state index in [1.165, 1.54) is 18.2 Å². The van der Waals surface area contributed by atoms with Gasteiger partial charge in [-0.15, -0.1) is 0 Å². The number of nitrogens with one attached hydrogen (secondary N) is 1. The van der Waals surface area contributed by atoms with Crippen molar-refractivity contribution < 1.29 is 24.1 Å². The Morgan fingerprint density at radius 2 is 1.75 bits per heavy atom. The van der Waals surface area contributed by atoms with Gasteiger partial charge >= 0.3 is 5.97 Å². The number of anilines is 1. The molecule has 0 fully saturated rings. The van der Waals surface area contributed by atoms with Gasteiger partial charge in [0.1, 0.15) is 23.3 Å². The van der Waals surface area contributed by atoms with Crippen molar-refractivity contribution >= 4 is 35.4 Å². The number of hydrogen-bond acceptors (Lipinski definition) is 8. The average Bonchev–Trinajstić information content (AvgIpc) is 2.95. The number of imide groups is 1. The van der Waals surface area contributed by atoms with E-state index in [2.05, 4.69) is 4.98 Å². The number of nitrogen functional groups attached to an aromatic ring is 1. The summed E-state index contributed by atoms with van der Waals surface area (Å²) < 4.78 is 5.01. The predicted octanol–water partition coefficient (Wildman–Crippen LogP) is 0.715. The maximum atomic E-state index is 12.2. The Kier molecular flexibility index (Phi) is 5.25. The molecule has 138 valence electrons. The van der Waals surface area contributed by atoms with E-state index >= 15 is 0 Å². The number of amides is 2. The highest BCUT2D eigenvalue weighted by Crippen LogP contribution is 2.23. The van der Waals surface area contributed by atoms with Gasteiger partial charge in [-0.05, 0) is 18.2 Å². The highest BCUT2D eigenvalue weighted by Gasteiger charge is 2.35. The lowest BCUT2D eigenvalue weighted by atomic mass is 10.1. The highest BCUT2D eigenvalue weighted by molar-refractivity contribution is 7.99. The summed E-state index contributed by atoms with van der Waals surface area (Å²) in [6, 6.07) is 11.4. The Hall–Kier alpha value is -3.89. The second-order valence-corrected chi connectivity index (χ2v) is 6.57. The van der Waals surface area contributed by atoms with E-state index in [0.717, 1.165) is 16.7 Å². The Labute approximate surface area is 163 Å². The minimum absolute atomic E-state index is 0.0726. The maximum absolute atomic E-state index is 12.2. The van der Waals surface area contributed by atoms with Crippen LogP contribution in [-0.4, -0.2) is 35.2 Å². The molecule has 10 heteroatoms. The number of thioether (sulfide) groups is 1. The predicted molar refractivity (Wildman–Crippen MR) is 95.5 cm³/mol. The number of nitrogens with two attached hydrogens (primary N) is 1. The summed E-state index contributed by atoms with van der Waals surface area (Å²) >= 11 is 0.954. The minimum Gasteiger partial charge on any atom is -0.443 e. The summed E-state index contributed by atoms with van der Waals surface area (Å²) in [6.07, 6.45) is 0. The summed E-state index contributed by atoms with van der Waals surface area (Å²) in [6.45, 7) is -0.504. The van der Waals surface area contributed by atoms with Crippen molar-refractivity contribution in [3.63, 3.8) is 0 Å². The number of esters is 1. The number of aromatic nitrogens is 1. The molecule has 1 aliphatic rings. The Bertz CT molecular complexity index is 1050. The number of H-pyrrole nitrogens is 1. The van der Waals surface area contributed by atoms with Crippen LogP contribution in [0.15, 0.2) is 35.4 Å². The van der Waals surface area contributed by atoms with Crippen LogP contribution in [0.4, 0.5) is 5.82 Å². The lowest BCUT2D eigenvalue weighted by Gasteiger charge is -2.13. The van der Waals surface area contributed by atoms with Crippen molar-refractivity contribution in [3.05, 3.63) is 52.6 Å². The molecular formula is C18H12N5O4S+. The molecule has 0 aliphatic carbocycles. The van der Waals surface area contributed by atoms with Crippen molar-refractivity contribution in [1.82, 2.24) is 4.90 Å². The van der Waals surface area contributed by atoms with E-state index in [4.69, 9.17) is 21.0 Å². The van der Waals surface area contributed by atoms with Gasteiger partial charge in [0.15, 0.2) is 11.8 Å². The van der Waals surface area contributed by atoms with Gasteiger partial charge in [0, 0.05) is 0 Å². The second kappa shape index (κ2) is 7.78. The molecule has 0 saturated carbocycles. The fraction of sp³-hybridized carbons (Fsp3) is 0.111. The van der Waals surface area contributed by atoms with E-state index in [9.17, 15) is 14.4 Å². The van der Waals surface area contributed by atoms with Crippen molar-refractivity contribution in [2.45, 2.75) is 5.03 Å². The molecule has 0 unspecified atom stereocenters. The number of nitriles is 2. The summed E-state index contributed by atoms with van der Waals surface area (Å²) in [4.78, 5) is 40.0. The smallest absolute Gasteiger partial charge is 0.318 e. The molecule has 1 aliphatic heterocycles. The van der Waals surface area contributed by atoms with Crippen LogP contribution in [0.2, 0.25) is 0 Å². The van der Waals surface area contributed by atoms with Gasteiger partial charge < -0.3 is 4.74 Å². The van der Waals surface area contributed by atoms with Gasteiger partial charge in [-0.2, -0.15) is 10.5 Å². The molecule has 1 aromatic carbocycles. The lowest BCUT2D eigenvalue weighted by molar-refractivity contribution is -0.410. The number of ether oxygens (including phenoxy) is 1. The van der Waals surface area contributed by atoms with Crippen molar-refractivity contribution in [1.29, 1.82) is 10.5 Å². The topological polar surface area (TPSA) is 151 Å². The SMILES string of the molecule is N#Cc1cc(C#N)c(SCC(=O)OCN2C(=O)c3ccccc3C2=O)[nH+]c1N. The van der Waals surface area contributed by atoms with Crippen LogP contribution in [0.3, 0.4) is 0 Å². The number of fused-ring (bicyclic) bond motifs is 1. The van der Waals surface area contributed by atoms with E-state index in [1.54, 1.807) is 12.1 Å². The molecule has 3 rings (SSSR count). The molecule has 0 atom stereocenters. The van der Waals surface area contributed by atoms with Crippen molar-refractivity contribution in [3.8, 4) is 12.1 Å². The standard InChI is InChI=1S/C18H11N5O4S/c19-6-10-5-11(7-20)16(22-15(10)21)28-8-14(24)27-9-23-17(25)12-3-1-2-4-13(12)18(23)26/h1-5H,8-9H2,(H2,21,22)/p+1. The minimum atomic E-state index is -0.693. The molecule has 0 saturated heterocycles. The molecule has 3 N–H and O–H groups in total. The first-order chi connectivity index (χ1) is 13.5. The lowest BCUT2D eigenvalue weighted by Crippen LogP contribution is -2.33. The first-order valence-corrected chi connectivity index (χ1v) is 8.84. The van der Waals surface area contributed by atoms with Gasteiger partial charge in [-0.25, -0.2) is 9.88 Å². The first-order valence-electron chi connectivity index (χ1n) is 7.86. The van der Waals surface area contributed by atoms with Gasteiger partial charge in [-0.3, -0.25) is 20.1 Å². The molecule has 0 radical (unpaired) electrons. The van der Waals surface area contributed by atoms with Crippen LogP contribution < -0.4 is 10.7 Å². The van der Waals surface area contributed by atoms with Crippen LogP contribution in [0.1, 0.15) is 31.8 Å². The van der Waals surface area contributed by atoms with Crippen molar-refractivity contribution in [2.75, 3.05) is 18.2 Å². The number of carbonyl (C=O) groups is 3. The van der Waals surface area contributed by atoms with E-state index in [-0.39, 0.29) is 33.8 Å². The molecule has 2 amide bonds. The van der Waals surface area contributed by atoms with Gasteiger partial charge in [0.25, 0.3) is 17.6 Å². The third kappa shape index (κ3) is 3.49. The molecule has 0 spiro atoms. The normalized spacial score (nSPS) is 12.3. The highest BCUT2D eigenvalue weighted by atomic mass is 32.2. The maximum Gasteiger partial charge on any atom is 0.318 e. The van der Waals surface area contributed by atoms with E-state index < -0.39 is 24.5 Å². The number of hydrogen-bond donors (Lipinski definition) is 1. The zero-order valence-electron chi connectivity index (χ0n) is 14.3. The average molecular weight is 394 g/mol. The summed E-state index contributed by atoms with van der Waals surface area (Å²) in [5.41, 5.74) is 6.48. The van der Waals surface area contributed by atoms with Crippen LogP contribution in [0.25, 0.3) is 0 Å². The summed E-state index contributed by atoms with van der Waals surface area (Å²) in [5.74, 6) is -1.87.